The molecule has 0 fully saturated rings. The van der Waals surface area contributed by atoms with Crippen LogP contribution in [0.1, 0.15) is 23.6 Å². The summed E-state index contributed by atoms with van der Waals surface area (Å²) in [6.07, 6.45) is 0.628. The summed E-state index contributed by atoms with van der Waals surface area (Å²) in [7, 11) is 0. The van der Waals surface area contributed by atoms with Gasteiger partial charge in [-0.25, -0.2) is 0 Å². The summed E-state index contributed by atoms with van der Waals surface area (Å²) in [5.74, 6) is 0. The third-order valence-electron chi connectivity index (χ3n) is 1.91. The van der Waals surface area contributed by atoms with Gasteiger partial charge in [0.25, 0.3) is 0 Å². The topological polar surface area (TPSA) is 46.2 Å². The van der Waals surface area contributed by atoms with Crippen LogP contribution in [0.5, 0.6) is 0 Å². The Morgan fingerprint density at radius 3 is 2.69 bits per heavy atom. The van der Waals surface area contributed by atoms with Gasteiger partial charge in [-0.15, -0.1) is 12.4 Å². The Labute approximate surface area is 85.2 Å². The van der Waals surface area contributed by atoms with E-state index < -0.39 is 0 Å². The lowest BCUT2D eigenvalue weighted by Gasteiger charge is -2.10. The monoisotopic (exact) mass is 201 g/mol. The average molecular weight is 202 g/mol. The lowest BCUT2D eigenvalue weighted by Crippen LogP contribution is -2.11. The van der Waals surface area contributed by atoms with E-state index >= 15 is 0 Å². The fourth-order valence-corrected chi connectivity index (χ4v) is 1.21. The van der Waals surface area contributed by atoms with Gasteiger partial charge in [0.05, 0.1) is 0 Å². The largest absolute Gasteiger partial charge is 0.396 e. The molecule has 74 valence electrons. The van der Waals surface area contributed by atoms with Crippen LogP contribution in [-0.2, 0) is 0 Å². The minimum absolute atomic E-state index is 0. The molecule has 2 nitrogen and oxygen atoms in total. The Bertz CT molecular complexity index is 252. The van der Waals surface area contributed by atoms with Crippen LogP contribution in [0.25, 0.3) is 0 Å². The van der Waals surface area contributed by atoms with E-state index in [1.54, 1.807) is 0 Å². The van der Waals surface area contributed by atoms with E-state index in [4.69, 9.17) is 10.8 Å². The molecule has 0 aromatic heterocycles. The van der Waals surface area contributed by atoms with Gasteiger partial charge in [-0.1, -0.05) is 29.8 Å². The van der Waals surface area contributed by atoms with Crippen LogP contribution < -0.4 is 5.73 Å². The molecule has 0 aliphatic heterocycles. The van der Waals surface area contributed by atoms with Gasteiger partial charge < -0.3 is 10.8 Å². The number of aryl methyl sites for hydroxylation is 1. The van der Waals surface area contributed by atoms with Gasteiger partial charge in [-0.2, -0.15) is 0 Å². The van der Waals surface area contributed by atoms with E-state index in [2.05, 4.69) is 6.07 Å². The van der Waals surface area contributed by atoms with Gasteiger partial charge >= 0.3 is 0 Å². The van der Waals surface area contributed by atoms with E-state index in [0.717, 1.165) is 5.56 Å². The SMILES string of the molecule is Cc1cccc(C(N)CCO)c1.Cl. The molecule has 0 bridgehead atoms. The van der Waals surface area contributed by atoms with Crippen molar-refractivity contribution in [2.75, 3.05) is 6.61 Å². The summed E-state index contributed by atoms with van der Waals surface area (Å²) in [5, 5.41) is 8.69. The zero-order valence-corrected chi connectivity index (χ0v) is 8.55. The molecule has 1 aromatic rings. The highest BCUT2D eigenvalue weighted by Gasteiger charge is 2.03. The van der Waals surface area contributed by atoms with Crippen molar-refractivity contribution in [1.82, 2.24) is 0 Å². The highest BCUT2D eigenvalue weighted by molar-refractivity contribution is 5.85. The Hall–Kier alpha value is -0.570. The maximum absolute atomic E-state index is 8.69. The first-order valence-corrected chi connectivity index (χ1v) is 4.17. The van der Waals surface area contributed by atoms with E-state index in [1.165, 1.54) is 5.56 Å². The molecule has 0 saturated heterocycles. The second-order valence-electron chi connectivity index (χ2n) is 3.03. The zero-order valence-electron chi connectivity index (χ0n) is 7.73. The molecule has 3 heteroatoms. The van der Waals surface area contributed by atoms with Crippen molar-refractivity contribution in [3.8, 4) is 0 Å². The van der Waals surface area contributed by atoms with Crippen LogP contribution in [0, 0.1) is 6.92 Å². The third kappa shape index (κ3) is 3.77. The van der Waals surface area contributed by atoms with Gasteiger partial charge in [0.1, 0.15) is 0 Å². The summed E-state index contributed by atoms with van der Waals surface area (Å²) in [6, 6.07) is 8.04. The molecule has 13 heavy (non-hydrogen) atoms. The quantitative estimate of drug-likeness (QED) is 0.784. The molecular weight excluding hydrogens is 186 g/mol. The number of hydrogen-bond donors (Lipinski definition) is 2. The van der Waals surface area contributed by atoms with Crippen molar-refractivity contribution in [3.63, 3.8) is 0 Å². The highest BCUT2D eigenvalue weighted by Crippen LogP contribution is 2.14. The molecular formula is C10H16ClNO. The third-order valence-corrected chi connectivity index (χ3v) is 1.91. The highest BCUT2D eigenvalue weighted by atomic mass is 35.5. The van der Waals surface area contributed by atoms with E-state index in [1.807, 2.05) is 25.1 Å². The van der Waals surface area contributed by atoms with Crippen molar-refractivity contribution in [2.24, 2.45) is 5.73 Å². The van der Waals surface area contributed by atoms with Crippen LogP contribution in [0.3, 0.4) is 0 Å². The van der Waals surface area contributed by atoms with Gasteiger partial charge in [0, 0.05) is 12.6 Å². The van der Waals surface area contributed by atoms with Crippen LogP contribution in [-0.4, -0.2) is 11.7 Å². The molecule has 1 rings (SSSR count). The van der Waals surface area contributed by atoms with Crippen LogP contribution in [0.4, 0.5) is 0 Å². The van der Waals surface area contributed by atoms with Gasteiger partial charge in [0.15, 0.2) is 0 Å². The standard InChI is InChI=1S/C10H15NO.ClH/c1-8-3-2-4-9(7-8)10(11)5-6-12;/h2-4,7,10,12H,5-6,11H2,1H3;1H. The predicted octanol–water partition coefficient (Wildman–Crippen LogP) is 1.80. The van der Waals surface area contributed by atoms with Crippen molar-refractivity contribution >= 4 is 12.4 Å². The van der Waals surface area contributed by atoms with Crippen LogP contribution >= 0.6 is 12.4 Å². The molecule has 0 aliphatic carbocycles. The summed E-state index contributed by atoms with van der Waals surface area (Å²) in [6.45, 7) is 2.18. The molecule has 0 saturated carbocycles. The maximum Gasteiger partial charge on any atom is 0.0449 e. The lowest BCUT2D eigenvalue weighted by atomic mass is 10.0. The van der Waals surface area contributed by atoms with Crippen LogP contribution in [0.15, 0.2) is 24.3 Å². The van der Waals surface area contributed by atoms with E-state index in [9.17, 15) is 0 Å². The lowest BCUT2D eigenvalue weighted by molar-refractivity contribution is 0.276. The second kappa shape index (κ2) is 5.97. The Balaban J connectivity index is 0.00000144. The summed E-state index contributed by atoms with van der Waals surface area (Å²) < 4.78 is 0. The molecule has 3 N–H and O–H groups in total. The molecule has 0 amide bonds. The molecule has 1 aromatic carbocycles. The number of rotatable bonds is 3. The molecule has 0 radical (unpaired) electrons. The summed E-state index contributed by atoms with van der Waals surface area (Å²) in [5.41, 5.74) is 8.12. The number of aliphatic hydroxyl groups excluding tert-OH is 1. The molecule has 1 unspecified atom stereocenters. The average Bonchev–Trinajstić information content (AvgIpc) is 2.05. The second-order valence-corrected chi connectivity index (χ2v) is 3.03. The number of benzene rings is 1. The smallest absolute Gasteiger partial charge is 0.0449 e. The van der Waals surface area contributed by atoms with Crippen molar-refractivity contribution in [3.05, 3.63) is 35.4 Å². The molecule has 0 aliphatic rings. The first-order valence-electron chi connectivity index (χ1n) is 4.17. The van der Waals surface area contributed by atoms with Gasteiger partial charge in [-0.05, 0) is 18.9 Å². The fraction of sp³-hybridized carbons (Fsp3) is 0.400. The number of nitrogens with two attached hydrogens (primary N) is 1. The fourth-order valence-electron chi connectivity index (χ4n) is 1.21. The minimum Gasteiger partial charge on any atom is -0.396 e. The predicted molar refractivity (Wildman–Crippen MR) is 57.1 cm³/mol. The van der Waals surface area contributed by atoms with Gasteiger partial charge in [0.2, 0.25) is 0 Å². The Morgan fingerprint density at radius 2 is 2.15 bits per heavy atom. The summed E-state index contributed by atoms with van der Waals surface area (Å²) >= 11 is 0. The number of aliphatic hydroxyl groups is 1. The van der Waals surface area contributed by atoms with Crippen molar-refractivity contribution < 1.29 is 5.11 Å². The molecule has 0 heterocycles. The van der Waals surface area contributed by atoms with Crippen molar-refractivity contribution in [1.29, 1.82) is 0 Å². The Kier molecular flexibility index (Phi) is 5.71. The normalized spacial score (nSPS) is 11.9. The van der Waals surface area contributed by atoms with Crippen molar-refractivity contribution in [2.45, 2.75) is 19.4 Å². The Morgan fingerprint density at radius 1 is 1.46 bits per heavy atom. The number of halogens is 1. The molecule has 1 atom stereocenters. The van der Waals surface area contributed by atoms with E-state index in [-0.39, 0.29) is 25.1 Å². The first kappa shape index (κ1) is 12.4. The zero-order chi connectivity index (χ0) is 8.97. The first-order chi connectivity index (χ1) is 5.74. The number of hydrogen-bond acceptors (Lipinski definition) is 2. The van der Waals surface area contributed by atoms with E-state index in [0.29, 0.717) is 6.42 Å². The minimum atomic E-state index is -0.0325. The van der Waals surface area contributed by atoms with Gasteiger partial charge in [-0.3, -0.25) is 0 Å². The van der Waals surface area contributed by atoms with Crippen LogP contribution in [0.2, 0.25) is 0 Å². The molecule has 0 spiro atoms. The maximum atomic E-state index is 8.69. The summed E-state index contributed by atoms with van der Waals surface area (Å²) in [4.78, 5) is 0.